The van der Waals surface area contributed by atoms with Gasteiger partial charge in [-0.1, -0.05) is 0 Å². The smallest absolute Gasteiger partial charge is 0.410 e. The molecule has 0 aliphatic carbocycles. The summed E-state index contributed by atoms with van der Waals surface area (Å²) in [5.41, 5.74) is 0. The number of hydrogen-bond acceptors (Lipinski definition) is 6. The molecule has 3 saturated heterocycles. The van der Waals surface area contributed by atoms with Crippen LogP contribution in [0.2, 0.25) is 0 Å². The van der Waals surface area contributed by atoms with Gasteiger partial charge in [-0.25, -0.2) is 4.79 Å². The largest absolute Gasteiger partial charge is 0.490 e. The highest BCUT2D eigenvalue weighted by molar-refractivity contribution is 5.69. The maximum Gasteiger partial charge on any atom is 0.410 e. The Balaban J connectivity index is 1.25. The van der Waals surface area contributed by atoms with Crippen molar-refractivity contribution >= 4 is 6.09 Å². The van der Waals surface area contributed by atoms with Gasteiger partial charge in [-0.15, -0.1) is 0 Å². The van der Waals surface area contributed by atoms with Gasteiger partial charge < -0.3 is 19.1 Å². The predicted octanol–water partition coefficient (Wildman–Crippen LogP) is 1.92. The monoisotopic (exact) mass is 361 g/mol. The molecule has 2 atom stereocenters. The van der Waals surface area contributed by atoms with Crippen LogP contribution < -0.4 is 4.74 Å². The summed E-state index contributed by atoms with van der Waals surface area (Å²) in [5, 5.41) is 0. The summed E-state index contributed by atoms with van der Waals surface area (Å²) in [4.78, 5) is 20.8. The van der Waals surface area contributed by atoms with Crippen LogP contribution in [-0.2, 0) is 9.47 Å². The van der Waals surface area contributed by atoms with Gasteiger partial charge in [-0.2, -0.15) is 0 Å². The summed E-state index contributed by atoms with van der Waals surface area (Å²) in [6, 6.07) is 4.23. The number of amides is 1. The third-order valence-electron chi connectivity index (χ3n) is 5.59. The Hall–Kier alpha value is -1.86. The lowest BCUT2D eigenvalue weighted by molar-refractivity contribution is 0.0130. The Morgan fingerprint density at radius 3 is 2.54 bits per heavy atom. The molecule has 2 bridgehead atoms. The van der Waals surface area contributed by atoms with Crippen LogP contribution in [0, 0.1) is 0 Å². The molecule has 3 aliphatic rings. The molecular weight excluding hydrogens is 334 g/mol. The second-order valence-electron chi connectivity index (χ2n) is 7.25. The number of pyridine rings is 1. The summed E-state index contributed by atoms with van der Waals surface area (Å²) in [5.74, 6) is 0.853. The molecule has 0 spiro atoms. The number of nitrogens with zero attached hydrogens (tertiary/aromatic N) is 3. The van der Waals surface area contributed by atoms with Crippen LogP contribution in [0.15, 0.2) is 24.5 Å². The van der Waals surface area contributed by atoms with Gasteiger partial charge in [0.15, 0.2) is 0 Å². The number of carbonyl (C=O) groups excluding carboxylic acids is 1. The summed E-state index contributed by atoms with van der Waals surface area (Å²) in [6.07, 6.45) is 7.31. The standard InChI is InChI=1S/C19H27N3O4/c23-19(25-12-9-21-7-10-24-11-8-21)22-15-1-2-16(22)14-18(13-15)26-17-3-5-20-6-4-17/h3-6,15-16,18H,1-2,7-14H2. The van der Waals surface area contributed by atoms with Crippen molar-refractivity contribution < 1.29 is 19.0 Å². The summed E-state index contributed by atoms with van der Waals surface area (Å²) < 4.78 is 17.0. The molecule has 4 heterocycles. The van der Waals surface area contributed by atoms with Crippen LogP contribution in [0.4, 0.5) is 4.79 Å². The molecule has 3 aliphatic heterocycles. The van der Waals surface area contributed by atoms with Crippen LogP contribution in [0.5, 0.6) is 5.75 Å². The first-order valence-corrected chi connectivity index (χ1v) is 9.61. The quantitative estimate of drug-likeness (QED) is 0.798. The summed E-state index contributed by atoms with van der Waals surface area (Å²) >= 11 is 0. The molecule has 1 amide bonds. The molecule has 1 aromatic heterocycles. The third kappa shape index (κ3) is 4.10. The van der Waals surface area contributed by atoms with E-state index in [1.54, 1.807) is 12.4 Å². The minimum Gasteiger partial charge on any atom is -0.490 e. The molecule has 4 rings (SSSR count). The minimum absolute atomic E-state index is 0.159. The van der Waals surface area contributed by atoms with E-state index in [0.717, 1.165) is 64.3 Å². The van der Waals surface area contributed by atoms with Gasteiger partial charge in [0.1, 0.15) is 18.5 Å². The average Bonchev–Trinajstić information content (AvgIpc) is 2.94. The van der Waals surface area contributed by atoms with E-state index in [0.29, 0.717) is 6.61 Å². The van der Waals surface area contributed by atoms with E-state index in [-0.39, 0.29) is 24.3 Å². The Morgan fingerprint density at radius 2 is 1.85 bits per heavy atom. The van der Waals surface area contributed by atoms with E-state index >= 15 is 0 Å². The second-order valence-corrected chi connectivity index (χ2v) is 7.25. The van der Waals surface area contributed by atoms with Crippen molar-refractivity contribution in [2.45, 2.75) is 43.9 Å². The van der Waals surface area contributed by atoms with Crippen LogP contribution in [0.1, 0.15) is 25.7 Å². The molecule has 3 fully saturated rings. The zero-order valence-corrected chi connectivity index (χ0v) is 15.1. The normalized spacial score (nSPS) is 28.8. The number of carbonyl (C=O) groups is 1. The molecule has 1 aromatic rings. The van der Waals surface area contributed by atoms with Gasteiger partial charge in [-0.05, 0) is 25.0 Å². The van der Waals surface area contributed by atoms with Crippen LogP contribution in [-0.4, -0.2) is 78.5 Å². The molecule has 0 N–H and O–H groups in total. The van der Waals surface area contributed by atoms with E-state index in [1.165, 1.54) is 0 Å². The number of rotatable bonds is 5. The summed E-state index contributed by atoms with van der Waals surface area (Å²) in [6.45, 7) is 4.60. The molecule has 7 heteroatoms. The van der Waals surface area contributed by atoms with Gasteiger partial charge >= 0.3 is 6.09 Å². The number of morpholine rings is 1. The highest BCUT2D eigenvalue weighted by atomic mass is 16.6. The first-order valence-electron chi connectivity index (χ1n) is 9.61. The zero-order chi connectivity index (χ0) is 17.8. The van der Waals surface area contributed by atoms with Crippen molar-refractivity contribution in [1.82, 2.24) is 14.8 Å². The maximum absolute atomic E-state index is 12.6. The van der Waals surface area contributed by atoms with Crippen molar-refractivity contribution in [3.8, 4) is 5.75 Å². The molecule has 26 heavy (non-hydrogen) atoms. The Kier molecular flexibility index (Phi) is 5.55. The van der Waals surface area contributed by atoms with E-state index in [2.05, 4.69) is 9.88 Å². The molecule has 0 aromatic carbocycles. The second kappa shape index (κ2) is 8.22. The van der Waals surface area contributed by atoms with Crippen molar-refractivity contribution in [2.24, 2.45) is 0 Å². The van der Waals surface area contributed by atoms with Crippen molar-refractivity contribution in [3.05, 3.63) is 24.5 Å². The van der Waals surface area contributed by atoms with Crippen LogP contribution in [0.25, 0.3) is 0 Å². The van der Waals surface area contributed by atoms with Crippen LogP contribution in [0.3, 0.4) is 0 Å². The highest BCUT2D eigenvalue weighted by Gasteiger charge is 2.44. The first kappa shape index (κ1) is 17.5. The number of aromatic nitrogens is 1. The maximum atomic E-state index is 12.6. The van der Waals surface area contributed by atoms with Gasteiger partial charge in [-0.3, -0.25) is 9.88 Å². The van der Waals surface area contributed by atoms with Gasteiger partial charge in [0, 0.05) is 57.0 Å². The average molecular weight is 361 g/mol. The molecule has 7 nitrogen and oxygen atoms in total. The van der Waals surface area contributed by atoms with Gasteiger partial charge in [0.2, 0.25) is 0 Å². The fourth-order valence-corrected chi connectivity index (χ4v) is 4.29. The molecule has 0 radical (unpaired) electrons. The third-order valence-corrected chi connectivity index (χ3v) is 5.59. The highest BCUT2D eigenvalue weighted by Crippen LogP contribution is 2.37. The van der Waals surface area contributed by atoms with Gasteiger partial charge in [0.05, 0.1) is 13.2 Å². The van der Waals surface area contributed by atoms with Crippen molar-refractivity contribution in [3.63, 3.8) is 0 Å². The number of hydrogen-bond donors (Lipinski definition) is 0. The lowest BCUT2D eigenvalue weighted by Crippen LogP contribution is -2.50. The van der Waals surface area contributed by atoms with E-state index in [9.17, 15) is 4.79 Å². The van der Waals surface area contributed by atoms with E-state index in [4.69, 9.17) is 14.2 Å². The topological polar surface area (TPSA) is 64.1 Å². The number of piperidine rings is 1. The Morgan fingerprint density at radius 1 is 1.15 bits per heavy atom. The number of ether oxygens (including phenoxy) is 3. The van der Waals surface area contributed by atoms with Gasteiger partial charge in [0.25, 0.3) is 0 Å². The van der Waals surface area contributed by atoms with Crippen molar-refractivity contribution in [1.29, 1.82) is 0 Å². The molecular formula is C19H27N3O4. The van der Waals surface area contributed by atoms with E-state index < -0.39 is 0 Å². The molecule has 2 unspecified atom stereocenters. The van der Waals surface area contributed by atoms with Crippen LogP contribution >= 0.6 is 0 Å². The molecule has 142 valence electrons. The SMILES string of the molecule is O=C(OCCN1CCOCC1)N1C2CCC1CC(Oc1ccncc1)C2. The number of fused-ring (bicyclic) bond motifs is 2. The fraction of sp³-hybridized carbons (Fsp3) is 0.684. The fourth-order valence-electron chi connectivity index (χ4n) is 4.29. The minimum atomic E-state index is -0.159. The predicted molar refractivity (Wildman–Crippen MR) is 95.1 cm³/mol. The summed E-state index contributed by atoms with van der Waals surface area (Å²) in [7, 11) is 0. The Bertz CT molecular complexity index is 580. The lowest BCUT2D eigenvalue weighted by atomic mass is 10.0. The van der Waals surface area contributed by atoms with E-state index in [1.807, 2.05) is 17.0 Å². The van der Waals surface area contributed by atoms with Crippen molar-refractivity contribution in [2.75, 3.05) is 39.5 Å². The lowest BCUT2D eigenvalue weighted by Gasteiger charge is -2.38. The zero-order valence-electron chi connectivity index (χ0n) is 15.1. The Labute approximate surface area is 154 Å². The molecule has 0 saturated carbocycles. The first-order chi connectivity index (χ1) is 12.8.